The van der Waals surface area contributed by atoms with Crippen molar-refractivity contribution in [1.82, 2.24) is 14.7 Å². The fraction of sp³-hybridized carbons (Fsp3) is 0.696. The van der Waals surface area contributed by atoms with Crippen LogP contribution in [0.4, 0.5) is 0 Å². The van der Waals surface area contributed by atoms with Crippen molar-refractivity contribution < 1.29 is 4.79 Å². The Morgan fingerprint density at radius 2 is 1.70 bits per heavy atom. The maximum absolute atomic E-state index is 12.7. The number of hydrogen-bond donors (Lipinski definition) is 0. The molecule has 1 aromatic rings. The fourth-order valence-corrected chi connectivity index (χ4v) is 4.85. The summed E-state index contributed by atoms with van der Waals surface area (Å²) in [7, 11) is 2.28. The first-order chi connectivity index (χ1) is 13.1. The molecule has 4 nitrogen and oxygen atoms in total. The first-order valence-electron chi connectivity index (χ1n) is 10.8. The van der Waals surface area contributed by atoms with Crippen LogP contribution in [0, 0.1) is 5.92 Å². The zero-order valence-electron chi connectivity index (χ0n) is 17.5. The second kappa shape index (κ2) is 9.20. The third-order valence-corrected chi connectivity index (χ3v) is 6.98. The molecule has 3 rings (SSSR count). The van der Waals surface area contributed by atoms with Gasteiger partial charge in [-0.25, -0.2) is 0 Å². The normalized spacial score (nSPS) is 21.1. The monoisotopic (exact) mass is 371 g/mol. The molecule has 1 spiro atoms. The lowest BCUT2D eigenvalue weighted by Crippen LogP contribution is -2.65. The van der Waals surface area contributed by atoms with Crippen molar-refractivity contribution in [1.29, 1.82) is 0 Å². The van der Waals surface area contributed by atoms with Crippen LogP contribution >= 0.6 is 0 Å². The van der Waals surface area contributed by atoms with Gasteiger partial charge < -0.3 is 4.90 Å². The molecule has 2 aliphatic rings. The van der Waals surface area contributed by atoms with Crippen LogP contribution in [0.1, 0.15) is 45.1 Å². The lowest BCUT2D eigenvalue weighted by molar-refractivity contribution is -0.139. The van der Waals surface area contributed by atoms with Crippen molar-refractivity contribution in [2.24, 2.45) is 5.92 Å². The minimum absolute atomic E-state index is 0.213. The van der Waals surface area contributed by atoms with Crippen LogP contribution in [0.25, 0.3) is 0 Å². The molecule has 0 aromatic heterocycles. The zero-order valence-corrected chi connectivity index (χ0v) is 17.5. The molecular weight excluding hydrogens is 334 g/mol. The number of rotatable bonds is 6. The van der Waals surface area contributed by atoms with Gasteiger partial charge in [0.05, 0.1) is 0 Å². The van der Waals surface area contributed by atoms with Crippen LogP contribution in [0.5, 0.6) is 0 Å². The number of benzene rings is 1. The molecule has 27 heavy (non-hydrogen) atoms. The predicted octanol–water partition coefficient (Wildman–Crippen LogP) is 3.27. The number of likely N-dealkylation sites (tertiary alicyclic amines) is 1. The highest BCUT2D eigenvalue weighted by atomic mass is 16.2. The minimum atomic E-state index is 0.213. The van der Waals surface area contributed by atoms with E-state index in [4.69, 9.17) is 0 Å². The molecule has 0 aliphatic carbocycles. The fourth-order valence-electron chi connectivity index (χ4n) is 4.85. The summed E-state index contributed by atoms with van der Waals surface area (Å²) < 4.78 is 0. The summed E-state index contributed by atoms with van der Waals surface area (Å²) in [6, 6.07) is 10.8. The highest BCUT2D eigenvalue weighted by Gasteiger charge is 2.43. The second-order valence-corrected chi connectivity index (χ2v) is 8.50. The third-order valence-electron chi connectivity index (χ3n) is 6.98. The van der Waals surface area contributed by atoms with Gasteiger partial charge in [-0.2, -0.15) is 0 Å². The molecule has 4 heteroatoms. The van der Waals surface area contributed by atoms with Crippen LogP contribution in [0.2, 0.25) is 0 Å². The molecule has 0 bridgehead atoms. The SMILES string of the molecule is CCC(CC)C(=O)N1CCC2(CC1)CN(CCc1ccccc1)CCN2C. The lowest BCUT2D eigenvalue weighted by atomic mass is 9.83. The number of carbonyl (C=O) groups is 1. The van der Waals surface area contributed by atoms with Crippen LogP contribution in [-0.2, 0) is 11.2 Å². The van der Waals surface area contributed by atoms with Gasteiger partial charge in [0.2, 0.25) is 5.91 Å². The Bertz CT molecular complexity index is 591. The summed E-state index contributed by atoms with van der Waals surface area (Å²) in [4.78, 5) is 20.1. The Morgan fingerprint density at radius 1 is 1.04 bits per heavy atom. The van der Waals surface area contributed by atoms with Gasteiger partial charge >= 0.3 is 0 Å². The van der Waals surface area contributed by atoms with Crippen LogP contribution in [0.3, 0.4) is 0 Å². The van der Waals surface area contributed by atoms with Gasteiger partial charge in [0.1, 0.15) is 0 Å². The van der Waals surface area contributed by atoms with Crippen molar-refractivity contribution in [3.63, 3.8) is 0 Å². The Kier molecular flexibility index (Phi) is 6.93. The van der Waals surface area contributed by atoms with E-state index in [2.05, 4.69) is 65.9 Å². The third kappa shape index (κ3) is 4.72. The Labute approximate surface area is 165 Å². The number of hydrogen-bond acceptors (Lipinski definition) is 3. The first-order valence-corrected chi connectivity index (χ1v) is 10.8. The molecule has 0 radical (unpaired) electrons. The largest absolute Gasteiger partial charge is 0.342 e. The number of piperazine rings is 1. The molecule has 2 fully saturated rings. The van der Waals surface area contributed by atoms with E-state index in [9.17, 15) is 4.79 Å². The van der Waals surface area contributed by atoms with Gasteiger partial charge in [-0.1, -0.05) is 44.2 Å². The smallest absolute Gasteiger partial charge is 0.225 e. The average Bonchev–Trinajstić information content (AvgIpc) is 2.71. The van der Waals surface area contributed by atoms with Gasteiger partial charge in [0, 0.05) is 50.7 Å². The first kappa shape index (κ1) is 20.3. The summed E-state index contributed by atoms with van der Waals surface area (Å²) in [5, 5.41) is 0. The maximum atomic E-state index is 12.7. The summed E-state index contributed by atoms with van der Waals surface area (Å²) in [6.45, 7) is 10.7. The van der Waals surface area contributed by atoms with Crippen LogP contribution in [-0.4, -0.2) is 72.5 Å². The number of likely N-dealkylation sites (N-methyl/N-ethyl adjacent to an activating group) is 1. The zero-order chi connectivity index (χ0) is 19.3. The molecule has 0 saturated carbocycles. The molecule has 2 heterocycles. The van der Waals surface area contributed by atoms with E-state index >= 15 is 0 Å². The lowest BCUT2D eigenvalue weighted by Gasteiger charge is -2.53. The second-order valence-electron chi connectivity index (χ2n) is 8.50. The minimum Gasteiger partial charge on any atom is -0.342 e. The summed E-state index contributed by atoms with van der Waals surface area (Å²) >= 11 is 0. The van der Waals surface area contributed by atoms with Gasteiger partial charge in [-0.05, 0) is 44.7 Å². The standard InChI is InChI=1S/C23H37N3O/c1-4-21(5-2)22(27)26-15-12-23(13-16-26)19-25(18-17-24(23)3)14-11-20-9-7-6-8-10-20/h6-10,21H,4-5,11-19H2,1-3H3. The highest BCUT2D eigenvalue weighted by molar-refractivity contribution is 5.78. The topological polar surface area (TPSA) is 26.8 Å². The Balaban J connectivity index is 1.56. The molecule has 2 aliphatic heterocycles. The van der Waals surface area contributed by atoms with E-state index in [-0.39, 0.29) is 11.5 Å². The molecule has 0 atom stereocenters. The summed E-state index contributed by atoms with van der Waals surface area (Å²) in [5.41, 5.74) is 1.68. The molecule has 0 N–H and O–H groups in total. The van der Waals surface area contributed by atoms with Crippen LogP contribution < -0.4 is 0 Å². The Morgan fingerprint density at radius 3 is 2.33 bits per heavy atom. The predicted molar refractivity (Wildman–Crippen MR) is 112 cm³/mol. The van der Waals surface area contributed by atoms with Crippen molar-refractivity contribution in [3.8, 4) is 0 Å². The van der Waals surface area contributed by atoms with Crippen molar-refractivity contribution >= 4 is 5.91 Å². The van der Waals surface area contributed by atoms with E-state index in [1.54, 1.807) is 0 Å². The molecule has 2 saturated heterocycles. The molecule has 0 unspecified atom stereocenters. The molecule has 1 aromatic carbocycles. The van der Waals surface area contributed by atoms with E-state index in [1.165, 1.54) is 5.56 Å². The van der Waals surface area contributed by atoms with Gasteiger partial charge in [-0.3, -0.25) is 14.6 Å². The number of nitrogens with zero attached hydrogens (tertiary/aromatic N) is 3. The van der Waals surface area contributed by atoms with Crippen LogP contribution in [0.15, 0.2) is 30.3 Å². The van der Waals surface area contributed by atoms with Gasteiger partial charge in [0.25, 0.3) is 0 Å². The highest BCUT2D eigenvalue weighted by Crippen LogP contribution is 2.32. The van der Waals surface area contributed by atoms with E-state index in [0.29, 0.717) is 5.91 Å². The summed E-state index contributed by atoms with van der Waals surface area (Å²) in [6.07, 6.45) is 5.27. The average molecular weight is 372 g/mol. The van der Waals surface area contributed by atoms with Gasteiger partial charge in [0.15, 0.2) is 0 Å². The maximum Gasteiger partial charge on any atom is 0.225 e. The van der Waals surface area contributed by atoms with E-state index < -0.39 is 0 Å². The van der Waals surface area contributed by atoms with Crippen molar-refractivity contribution in [2.75, 3.05) is 46.3 Å². The van der Waals surface area contributed by atoms with E-state index in [1.807, 2.05) is 0 Å². The number of amides is 1. The molecule has 150 valence electrons. The molecule has 1 amide bonds. The van der Waals surface area contributed by atoms with Crippen molar-refractivity contribution in [3.05, 3.63) is 35.9 Å². The number of piperidine rings is 1. The van der Waals surface area contributed by atoms with Crippen molar-refractivity contribution in [2.45, 2.75) is 51.5 Å². The van der Waals surface area contributed by atoms with Gasteiger partial charge in [-0.15, -0.1) is 0 Å². The quantitative estimate of drug-likeness (QED) is 0.768. The Hall–Kier alpha value is -1.39. The summed E-state index contributed by atoms with van der Waals surface area (Å²) in [5.74, 6) is 0.597. The molecular formula is C23H37N3O. The van der Waals surface area contributed by atoms with E-state index in [0.717, 1.165) is 71.4 Å². The number of carbonyl (C=O) groups excluding carboxylic acids is 1.